The fraction of sp³-hybridized carbons (Fsp3) is 1.00. The smallest absolute Gasteiger partial charge is 0.195 e. The molecular weight excluding hydrogens is 204 g/mol. The average Bonchev–Trinajstić information content (AvgIpc) is 2.31. The fourth-order valence-corrected chi connectivity index (χ4v) is 4.52. The summed E-state index contributed by atoms with van der Waals surface area (Å²) in [5, 5.41) is 24.9. The van der Waals surface area contributed by atoms with Crippen molar-refractivity contribution in [2.45, 2.75) is 56.8 Å². The molecular formula is C11H16N4O. The van der Waals surface area contributed by atoms with E-state index in [0.29, 0.717) is 12.0 Å². The van der Waals surface area contributed by atoms with Gasteiger partial charge in [0.15, 0.2) is 6.04 Å². The third-order valence-electron chi connectivity index (χ3n) is 5.35. The minimum atomic E-state index is 0.0713. The summed E-state index contributed by atoms with van der Waals surface area (Å²) in [6, 6.07) is 0.858. The van der Waals surface area contributed by atoms with Crippen LogP contribution in [0, 0.1) is 16.5 Å². The predicted octanol–water partition coefficient (Wildman–Crippen LogP) is 2.11. The molecule has 5 heteroatoms. The zero-order valence-electron chi connectivity index (χ0n) is 9.41. The first-order chi connectivity index (χ1) is 7.71. The van der Waals surface area contributed by atoms with Gasteiger partial charge in [0.25, 0.3) is 0 Å². The van der Waals surface area contributed by atoms with Crippen LogP contribution in [0.4, 0.5) is 0 Å². The molecule has 16 heavy (non-hydrogen) atoms. The number of azo groups is 2. The van der Waals surface area contributed by atoms with E-state index >= 15 is 0 Å². The Morgan fingerprint density at radius 1 is 1.12 bits per heavy atom. The summed E-state index contributed by atoms with van der Waals surface area (Å²) in [7, 11) is 0. The van der Waals surface area contributed by atoms with E-state index in [1.54, 1.807) is 0 Å². The molecule has 6 rings (SSSR count). The highest BCUT2D eigenvalue weighted by Crippen LogP contribution is 2.58. The lowest BCUT2D eigenvalue weighted by Gasteiger charge is -2.57. The molecule has 6 atom stereocenters. The van der Waals surface area contributed by atoms with Gasteiger partial charge in [0, 0.05) is 11.8 Å². The Morgan fingerprint density at radius 3 is 2.62 bits per heavy atom. The molecule has 3 unspecified atom stereocenters. The van der Waals surface area contributed by atoms with E-state index in [4.69, 9.17) is 0 Å². The third-order valence-corrected chi connectivity index (χ3v) is 5.35. The van der Waals surface area contributed by atoms with Crippen LogP contribution in [0.3, 0.4) is 0 Å². The molecule has 2 aliphatic carbocycles. The second-order valence-electron chi connectivity index (χ2n) is 5.86. The van der Waals surface area contributed by atoms with Gasteiger partial charge in [0.2, 0.25) is 0 Å². The van der Waals surface area contributed by atoms with E-state index < -0.39 is 0 Å². The largest absolute Gasteiger partial charge is 0.600 e. The summed E-state index contributed by atoms with van der Waals surface area (Å²) >= 11 is 0. The van der Waals surface area contributed by atoms with Crippen LogP contribution in [-0.4, -0.2) is 29.0 Å². The average molecular weight is 220 g/mol. The molecule has 0 aromatic carbocycles. The minimum absolute atomic E-state index is 0.0713. The van der Waals surface area contributed by atoms with Crippen molar-refractivity contribution >= 4 is 0 Å². The highest BCUT2D eigenvalue weighted by Gasteiger charge is 2.66. The topological polar surface area (TPSA) is 63.1 Å². The van der Waals surface area contributed by atoms with Gasteiger partial charge in [-0.15, -0.1) is 0 Å². The maximum absolute atomic E-state index is 11.8. The van der Waals surface area contributed by atoms with Crippen LogP contribution in [0.5, 0.6) is 0 Å². The predicted molar refractivity (Wildman–Crippen MR) is 56.1 cm³/mol. The zero-order valence-corrected chi connectivity index (χ0v) is 9.41. The Morgan fingerprint density at radius 2 is 1.94 bits per heavy atom. The van der Waals surface area contributed by atoms with E-state index in [9.17, 15) is 5.21 Å². The van der Waals surface area contributed by atoms with E-state index in [1.165, 1.54) is 0 Å². The van der Waals surface area contributed by atoms with Crippen LogP contribution in [0.2, 0.25) is 0 Å². The van der Waals surface area contributed by atoms with Gasteiger partial charge in [-0.3, -0.25) is 0 Å². The van der Waals surface area contributed by atoms with Crippen molar-refractivity contribution in [2.75, 3.05) is 0 Å². The van der Waals surface area contributed by atoms with Crippen molar-refractivity contribution in [2.24, 2.45) is 26.7 Å². The number of rotatable bonds is 0. The van der Waals surface area contributed by atoms with Crippen molar-refractivity contribution in [3.63, 3.8) is 0 Å². The molecule has 0 aromatic heterocycles. The summed E-state index contributed by atoms with van der Waals surface area (Å²) in [4.78, 5) is 0.983. The van der Waals surface area contributed by atoms with Gasteiger partial charge in [-0.2, -0.15) is 10.2 Å². The molecule has 0 N–H and O–H groups in total. The lowest BCUT2D eigenvalue weighted by atomic mass is 9.52. The van der Waals surface area contributed by atoms with Gasteiger partial charge >= 0.3 is 0 Å². The Balaban J connectivity index is 1.89. The van der Waals surface area contributed by atoms with Crippen LogP contribution in [0.1, 0.15) is 32.6 Å². The molecule has 4 aliphatic heterocycles. The van der Waals surface area contributed by atoms with Crippen LogP contribution < -0.4 is 0 Å². The molecule has 0 saturated heterocycles. The Labute approximate surface area is 94.2 Å². The summed E-state index contributed by atoms with van der Waals surface area (Å²) in [6.45, 7) is 2.29. The molecule has 86 valence electrons. The van der Waals surface area contributed by atoms with E-state index in [-0.39, 0.29) is 23.5 Å². The van der Waals surface area contributed by atoms with Crippen LogP contribution in [-0.2, 0) is 0 Å². The fourth-order valence-electron chi connectivity index (χ4n) is 4.52. The molecule has 0 radical (unpaired) electrons. The van der Waals surface area contributed by atoms with Crippen molar-refractivity contribution < 1.29 is 4.86 Å². The monoisotopic (exact) mass is 220 g/mol. The van der Waals surface area contributed by atoms with Crippen molar-refractivity contribution in [3.05, 3.63) is 5.21 Å². The molecule has 4 bridgehead atoms. The second kappa shape index (κ2) is 2.63. The molecule has 2 fully saturated rings. The maximum Gasteiger partial charge on any atom is 0.195 e. The number of fused-ring (bicyclic) bond motifs is 2. The van der Waals surface area contributed by atoms with Crippen molar-refractivity contribution in [3.8, 4) is 0 Å². The van der Waals surface area contributed by atoms with Crippen LogP contribution in [0.15, 0.2) is 15.3 Å². The number of nitrogens with zero attached hydrogens (tertiary/aromatic N) is 4. The van der Waals surface area contributed by atoms with E-state index in [1.807, 2.05) is 0 Å². The molecule has 2 saturated carbocycles. The number of hydrogen-bond acceptors (Lipinski definition) is 4. The maximum atomic E-state index is 11.8. The van der Waals surface area contributed by atoms with Crippen molar-refractivity contribution in [1.82, 2.24) is 0 Å². The molecule has 0 aromatic rings. The van der Waals surface area contributed by atoms with Gasteiger partial charge in [-0.1, -0.05) is 11.8 Å². The van der Waals surface area contributed by atoms with Crippen molar-refractivity contribution in [1.29, 1.82) is 0 Å². The third kappa shape index (κ3) is 0.812. The first-order valence-electron chi connectivity index (χ1n) is 6.28. The lowest BCUT2D eigenvalue weighted by Crippen LogP contribution is -2.66. The van der Waals surface area contributed by atoms with Gasteiger partial charge < -0.3 is 5.21 Å². The van der Waals surface area contributed by atoms with Crippen LogP contribution in [0.25, 0.3) is 0 Å². The molecule has 6 aliphatic rings. The first kappa shape index (κ1) is 9.07. The Hall–Kier alpha value is -1.00. The second-order valence-corrected chi connectivity index (χ2v) is 5.86. The van der Waals surface area contributed by atoms with E-state index in [0.717, 1.165) is 30.5 Å². The van der Waals surface area contributed by atoms with Gasteiger partial charge in [0.1, 0.15) is 6.04 Å². The molecule has 5 nitrogen and oxygen atoms in total. The summed E-state index contributed by atoms with van der Waals surface area (Å²) in [5.41, 5.74) is 0.120. The zero-order chi connectivity index (χ0) is 10.9. The number of hydroxylamine groups is 1. The lowest BCUT2D eigenvalue weighted by molar-refractivity contribution is -0.610. The SMILES string of the molecule is C[C@@]12C(C3CC[C@@H]1N=N3)C1CC[C@H]2N=[N+]1[O-]. The first-order valence-corrected chi connectivity index (χ1v) is 6.28. The quantitative estimate of drug-likeness (QED) is 0.455. The highest BCUT2D eigenvalue weighted by atomic mass is 16.5. The number of hydrogen-bond donors (Lipinski definition) is 0. The Bertz CT molecular complexity index is 407. The minimum Gasteiger partial charge on any atom is -0.600 e. The molecule has 4 heterocycles. The molecule has 0 amide bonds. The summed E-state index contributed by atoms with van der Waals surface area (Å²) < 4.78 is 0. The Kier molecular flexibility index (Phi) is 1.49. The van der Waals surface area contributed by atoms with Gasteiger partial charge in [0.05, 0.1) is 18.0 Å². The normalized spacial score (nSPS) is 57.3. The van der Waals surface area contributed by atoms with Gasteiger partial charge in [-0.25, -0.2) is 0 Å². The van der Waals surface area contributed by atoms with Crippen LogP contribution >= 0.6 is 0 Å². The standard InChI is InChI=1S/C11H16N4O/c1-11-8-4-2-6(12-13-8)10(11)7-3-5-9(11)14-15(7)16/h6-10H,2-5H2,1H3/t6?,7?,8-,9+,10?,11+/m0/s1. The molecule has 0 spiro atoms. The summed E-state index contributed by atoms with van der Waals surface area (Å²) in [5.74, 6) is 0.400. The van der Waals surface area contributed by atoms with E-state index in [2.05, 4.69) is 22.3 Å². The van der Waals surface area contributed by atoms with Gasteiger partial charge in [-0.05, 0) is 24.4 Å². The highest BCUT2D eigenvalue weighted by molar-refractivity contribution is 5.14. The summed E-state index contributed by atoms with van der Waals surface area (Å²) in [6.07, 6.45) is 4.32.